The third-order valence-corrected chi connectivity index (χ3v) is 4.62. The van der Waals surface area contributed by atoms with Gasteiger partial charge in [-0.25, -0.2) is 9.18 Å². The van der Waals surface area contributed by atoms with Crippen LogP contribution in [0.2, 0.25) is 0 Å². The topological polar surface area (TPSA) is 52.6 Å². The summed E-state index contributed by atoms with van der Waals surface area (Å²) >= 11 is 0. The minimum absolute atomic E-state index is 0.214. The molecule has 0 atom stereocenters. The largest absolute Gasteiger partial charge is 0.452 e. The first-order chi connectivity index (χ1) is 14.0. The normalized spacial score (nSPS) is 13.9. The lowest BCUT2D eigenvalue weighted by atomic mass is 10.1. The first kappa shape index (κ1) is 18.6. The van der Waals surface area contributed by atoms with Gasteiger partial charge in [0.2, 0.25) is 5.78 Å². The van der Waals surface area contributed by atoms with Crippen molar-refractivity contribution in [3.8, 4) is 11.5 Å². The van der Waals surface area contributed by atoms with Gasteiger partial charge in [-0.3, -0.25) is 4.79 Å². The molecule has 0 radical (unpaired) electrons. The Labute approximate surface area is 167 Å². The Morgan fingerprint density at radius 1 is 1.03 bits per heavy atom. The fraction of sp³-hybridized carbons (Fsp3) is 0.0833. The first-order valence-electron chi connectivity index (χ1n) is 9.18. The van der Waals surface area contributed by atoms with Crippen LogP contribution in [0.1, 0.15) is 38.8 Å². The van der Waals surface area contributed by atoms with Crippen LogP contribution in [0, 0.1) is 5.82 Å². The maximum absolute atomic E-state index is 13.0. The Kier molecular flexibility index (Phi) is 4.96. The third-order valence-electron chi connectivity index (χ3n) is 4.62. The second-order valence-electron chi connectivity index (χ2n) is 6.59. The van der Waals surface area contributed by atoms with E-state index in [-0.39, 0.29) is 22.9 Å². The van der Waals surface area contributed by atoms with Gasteiger partial charge in [-0.1, -0.05) is 31.2 Å². The maximum atomic E-state index is 13.0. The predicted molar refractivity (Wildman–Crippen MR) is 107 cm³/mol. The van der Waals surface area contributed by atoms with Crippen LogP contribution in [-0.2, 0) is 6.42 Å². The zero-order valence-corrected chi connectivity index (χ0v) is 15.6. The molecule has 1 heterocycles. The molecule has 0 aromatic heterocycles. The minimum atomic E-state index is -0.624. The molecule has 0 spiro atoms. The van der Waals surface area contributed by atoms with Crippen LogP contribution in [0.25, 0.3) is 6.08 Å². The van der Waals surface area contributed by atoms with E-state index < -0.39 is 11.8 Å². The number of benzene rings is 3. The smallest absolute Gasteiger partial charge is 0.343 e. The quantitative estimate of drug-likeness (QED) is 0.349. The average Bonchev–Trinajstić information content (AvgIpc) is 3.03. The maximum Gasteiger partial charge on any atom is 0.343 e. The summed E-state index contributed by atoms with van der Waals surface area (Å²) in [6.45, 7) is 2.08. The molecule has 0 fully saturated rings. The van der Waals surface area contributed by atoms with E-state index in [4.69, 9.17) is 9.47 Å². The van der Waals surface area contributed by atoms with E-state index in [1.54, 1.807) is 12.1 Å². The molecule has 0 saturated carbocycles. The summed E-state index contributed by atoms with van der Waals surface area (Å²) in [5, 5.41) is 0. The monoisotopic (exact) mass is 388 g/mol. The Morgan fingerprint density at radius 3 is 2.45 bits per heavy atom. The molecule has 29 heavy (non-hydrogen) atoms. The number of carbonyl (C=O) groups is 2. The number of ether oxygens (including phenoxy) is 2. The van der Waals surface area contributed by atoms with Gasteiger partial charge in [0.15, 0.2) is 5.76 Å². The standard InChI is InChI=1S/C24H17FO4/c1-2-15-3-5-16(6-4-15)13-22-23(26)20-12-11-19(14-21(20)29-22)28-24(27)17-7-9-18(25)10-8-17/h3-14H,2H2,1H3/b22-13+. The number of halogens is 1. The number of ketones is 1. The summed E-state index contributed by atoms with van der Waals surface area (Å²) in [4.78, 5) is 24.8. The van der Waals surface area contributed by atoms with Gasteiger partial charge in [0.25, 0.3) is 0 Å². The average molecular weight is 388 g/mol. The number of allylic oxidation sites excluding steroid dienone is 1. The summed E-state index contributed by atoms with van der Waals surface area (Å²) in [5.74, 6) is -0.506. The lowest BCUT2D eigenvalue weighted by Gasteiger charge is -2.05. The van der Waals surface area contributed by atoms with Crippen molar-refractivity contribution in [3.63, 3.8) is 0 Å². The highest BCUT2D eigenvalue weighted by molar-refractivity contribution is 6.14. The van der Waals surface area contributed by atoms with Gasteiger partial charge in [-0.2, -0.15) is 0 Å². The molecule has 4 rings (SSSR count). The zero-order chi connectivity index (χ0) is 20.4. The van der Waals surface area contributed by atoms with Gasteiger partial charge >= 0.3 is 5.97 Å². The van der Waals surface area contributed by atoms with Crippen molar-refractivity contribution in [2.75, 3.05) is 0 Å². The molecule has 1 aliphatic rings. The van der Waals surface area contributed by atoms with Crippen molar-refractivity contribution in [2.24, 2.45) is 0 Å². The minimum Gasteiger partial charge on any atom is -0.452 e. The lowest BCUT2D eigenvalue weighted by Crippen LogP contribution is -2.08. The van der Waals surface area contributed by atoms with Crippen LogP contribution in [-0.4, -0.2) is 11.8 Å². The van der Waals surface area contributed by atoms with Crippen molar-refractivity contribution in [1.29, 1.82) is 0 Å². The summed E-state index contributed by atoms with van der Waals surface area (Å²) in [6.07, 6.45) is 2.63. The fourth-order valence-corrected chi connectivity index (χ4v) is 2.98. The van der Waals surface area contributed by atoms with E-state index >= 15 is 0 Å². The van der Waals surface area contributed by atoms with Crippen molar-refractivity contribution < 1.29 is 23.5 Å². The fourth-order valence-electron chi connectivity index (χ4n) is 2.98. The van der Waals surface area contributed by atoms with Crippen molar-refractivity contribution in [1.82, 2.24) is 0 Å². The van der Waals surface area contributed by atoms with Crippen LogP contribution in [0.15, 0.2) is 72.5 Å². The number of carbonyl (C=O) groups excluding carboxylic acids is 2. The predicted octanol–water partition coefficient (Wildman–Crippen LogP) is 5.22. The Hall–Kier alpha value is -3.73. The highest BCUT2D eigenvalue weighted by atomic mass is 19.1. The Balaban J connectivity index is 1.52. The molecule has 0 unspecified atom stereocenters. The number of esters is 1. The molecule has 3 aromatic rings. The van der Waals surface area contributed by atoms with Crippen LogP contribution < -0.4 is 9.47 Å². The second-order valence-corrected chi connectivity index (χ2v) is 6.59. The number of fused-ring (bicyclic) bond motifs is 1. The molecule has 5 heteroatoms. The summed E-state index contributed by atoms with van der Waals surface area (Å²) < 4.78 is 24.0. The number of hydrogen-bond donors (Lipinski definition) is 0. The molecule has 0 aliphatic carbocycles. The molecule has 144 valence electrons. The third kappa shape index (κ3) is 3.94. The number of aryl methyl sites for hydroxylation is 1. The number of Topliss-reactive ketones (excluding diaryl/α,β-unsaturated/α-hetero) is 1. The van der Waals surface area contributed by atoms with E-state index in [1.807, 2.05) is 24.3 Å². The van der Waals surface area contributed by atoms with E-state index in [2.05, 4.69) is 6.92 Å². The zero-order valence-electron chi connectivity index (χ0n) is 15.6. The SMILES string of the molecule is CCc1ccc(/C=C2/Oc3cc(OC(=O)c4ccc(F)cc4)ccc3C2=O)cc1. The van der Waals surface area contributed by atoms with E-state index in [0.717, 1.165) is 12.0 Å². The van der Waals surface area contributed by atoms with Crippen molar-refractivity contribution in [2.45, 2.75) is 13.3 Å². The van der Waals surface area contributed by atoms with E-state index in [0.29, 0.717) is 11.3 Å². The molecule has 0 amide bonds. The molecule has 0 N–H and O–H groups in total. The molecule has 1 aliphatic heterocycles. The van der Waals surface area contributed by atoms with Gasteiger partial charge in [-0.05, 0) is 60.0 Å². The molecule has 3 aromatic carbocycles. The van der Waals surface area contributed by atoms with Gasteiger partial charge in [0.1, 0.15) is 17.3 Å². The second kappa shape index (κ2) is 7.72. The van der Waals surface area contributed by atoms with Crippen molar-refractivity contribution in [3.05, 3.63) is 101 Å². The number of rotatable bonds is 4. The summed E-state index contributed by atoms with van der Waals surface area (Å²) in [7, 11) is 0. The molecule has 0 bridgehead atoms. The molecular formula is C24H17FO4. The van der Waals surface area contributed by atoms with Crippen LogP contribution in [0.5, 0.6) is 11.5 Å². The van der Waals surface area contributed by atoms with Gasteiger partial charge in [-0.15, -0.1) is 0 Å². The molecule has 0 saturated heterocycles. The Morgan fingerprint density at radius 2 is 1.76 bits per heavy atom. The van der Waals surface area contributed by atoms with Gasteiger partial charge in [0, 0.05) is 6.07 Å². The lowest BCUT2D eigenvalue weighted by molar-refractivity contribution is 0.0734. The first-order valence-corrected chi connectivity index (χ1v) is 9.18. The highest BCUT2D eigenvalue weighted by Crippen LogP contribution is 2.35. The van der Waals surface area contributed by atoms with E-state index in [9.17, 15) is 14.0 Å². The van der Waals surface area contributed by atoms with E-state index in [1.165, 1.54) is 42.0 Å². The van der Waals surface area contributed by atoms with Gasteiger partial charge < -0.3 is 9.47 Å². The van der Waals surface area contributed by atoms with Crippen molar-refractivity contribution >= 4 is 17.8 Å². The number of hydrogen-bond acceptors (Lipinski definition) is 4. The Bertz CT molecular complexity index is 1110. The summed E-state index contributed by atoms with van der Waals surface area (Å²) in [5.41, 5.74) is 2.70. The molecule has 4 nitrogen and oxygen atoms in total. The highest BCUT2D eigenvalue weighted by Gasteiger charge is 2.28. The summed E-state index contributed by atoms with van der Waals surface area (Å²) in [6, 6.07) is 17.5. The van der Waals surface area contributed by atoms with Gasteiger partial charge in [0.05, 0.1) is 11.1 Å². The van der Waals surface area contributed by atoms with Crippen LogP contribution >= 0.6 is 0 Å². The van der Waals surface area contributed by atoms with Crippen LogP contribution in [0.4, 0.5) is 4.39 Å². The molecular weight excluding hydrogens is 371 g/mol. The van der Waals surface area contributed by atoms with Crippen LogP contribution in [0.3, 0.4) is 0 Å².